The first kappa shape index (κ1) is 26.7. The van der Waals surface area contributed by atoms with E-state index in [0.29, 0.717) is 37.4 Å². The van der Waals surface area contributed by atoms with Gasteiger partial charge in [-0.1, -0.05) is 37.4 Å². The molecule has 0 spiro atoms. The zero-order valence-corrected chi connectivity index (χ0v) is 20.3. The van der Waals surface area contributed by atoms with Gasteiger partial charge in [0.1, 0.15) is 11.5 Å². The summed E-state index contributed by atoms with van der Waals surface area (Å²) in [5, 5.41) is 5.63. The molecule has 0 fully saturated rings. The molecule has 0 aliphatic carbocycles. The molecule has 6 nitrogen and oxygen atoms in total. The maximum Gasteiger partial charge on any atom is 0.246 e. The minimum absolute atomic E-state index is 0.0997. The van der Waals surface area contributed by atoms with E-state index in [1.165, 1.54) is 0 Å². The Morgan fingerprint density at radius 3 is 1.32 bits per heavy atom. The third-order valence-electron chi connectivity index (χ3n) is 5.07. The normalized spacial score (nSPS) is 10.3. The SMILES string of the molecule is C=C(C)C(=O)NCCCCOc1ccc(-c2ccc(OCCCCNC(=O)C(=C)C)cc2)cc1. The molecular formula is C28H36N2O4. The Morgan fingerprint density at radius 1 is 0.647 bits per heavy atom. The van der Waals surface area contributed by atoms with E-state index in [1.54, 1.807) is 13.8 Å². The lowest BCUT2D eigenvalue weighted by molar-refractivity contribution is -0.118. The van der Waals surface area contributed by atoms with Crippen LogP contribution in [0, 0.1) is 0 Å². The molecule has 0 aliphatic heterocycles. The maximum atomic E-state index is 11.4. The van der Waals surface area contributed by atoms with Crippen molar-refractivity contribution in [1.82, 2.24) is 10.6 Å². The van der Waals surface area contributed by atoms with Gasteiger partial charge >= 0.3 is 0 Å². The molecule has 2 rings (SSSR count). The van der Waals surface area contributed by atoms with Crippen LogP contribution in [0.1, 0.15) is 39.5 Å². The molecule has 2 N–H and O–H groups in total. The Labute approximate surface area is 203 Å². The van der Waals surface area contributed by atoms with Gasteiger partial charge < -0.3 is 20.1 Å². The summed E-state index contributed by atoms with van der Waals surface area (Å²) in [5.74, 6) is 1.46. The van der Waals surface area contributed by atoms with Crippen LogP contribution in [0.4, 0.5) is 0 Å². The van der Waals surface area contributed by atoms with E-state index in [4.69, 9.17) is 9.47 Å². The Hall–Kier alpha value is -3.54. The molecule has 0 saturated heterocycles. The molecule has 0 radical (unpaired) electrons. The fraction of sp³-hybridized carbons (Fsp3) is 0.357. The van der Waals surface area contributed by atoms with Crippen LogP contribution < -0.4 is 20.1 Å². The molecule has 2 amide bonds. The van der Waals surface area contributed by atoms with Crippen molar-refractivity contribution in [3.05, 3.63) is 72.8 Å². The van der Waals surface area contributed by atoms with Crippen LogP contribution in [0.15, 0.2) is 72.8 Å². The third kappa shape index (κ3) is 9.94. The van der Waals surface area contributed by atoms with Gasteiger partial charge in [-0.15, -0.1) is 0 Å². The maximum absolute atomic E-state index is 11.4. The second-order valence-corrected chi connectivity index (χ2v) is 8.23. The smallest absolute Gasteiger partial charge is 0.246 e. The molecule has 2 aromatic rings. The van der Waals surface area contributed by atoms with E-state index in [1.807, 2.05) is 48.5 Å². The Morgan fingerprint density at radius 2 is 1.00 bits per heavy atom. The number of nitrogens with one attached hydrogen (secondary N) is 2. The minimum Gasteiger partial charge on any atom is -0.494 e. The van der Waals surface area contributed by atoms with E-state index in [0.717, 1.165) is 48.3 Å². The van der Waals surface area contributed by atoms with Crippen LogP contribution in [0.3, 0.4) is 0 Å². The lowest BCUT2D eigenvalue weighted by Gasteiger charge is -2.09. The molecule has 34 heavy (non-hydrogen) atoms. The summed E-state index contributed by atoms with van der Waals surface area (Å²) in [4.78, 5) is 22.8. The first-order valence-corrected chi connectivity index (χ1v) is 11.7. The quantitative estimate of drug-likeness (QED) is 0.285. The number of carbonyl (C=O) groups is 2. The van der Waals surface area contributed by atoms with Gasteiger partial charge in [-0.05, 0) is 74.9 Å². The van der Waals surface area contributed by atoms with Gasteiger partial charge in [-0.2, -0.15) is 0 Å². The van der Waals surface area contributed by atoms with Crippen LogP contribution in [0.2, 0.25) is 0 Å². The average molecular weight is 465 g/mol. The van der Waals surface area contributed by atoms with E-state index in [2.05, 4.69) is 23.8 Å². The highest BCUT2D eigenvalue weighted by Gasteiger charge is 2.03. The highest BCUT2D eigenvalue weighted by atomic mass is 16.5. The number of ether oxygens (including phenoxy) is 2. The van der Waals surface area contributed by atoms with Crippen molar-refractivity contribution in [3.8, 4) is 22.6 Å². The Balaban J connectivity index is 1.65. The van der Waals surface area contributed by atoms with Gasteiger partial charge in [-0.25, -0.2) is 0 Å². The number of hydrogen-bond donors (Lipinski definition) is 2. The molecule has 0 aliphatic rings. The van der Waals surface area contributed by atoms with Crippen molar-refractivity contribution in [3.63, 3.8) is 0 Å². The van der Waals surface area contributed by atoms with Crippen molar-refractivity contribution in [1.29, 1.82) is 0 Å². The van der Waals surface area contributed by atoms with Crippen molar-refractivity contribution < 1.29 is 19.1 Å². The number of unbranched alkanes of at least 4 members (excludes halogenated alkanes) is 2. The molecule has 182 valence electrons. The lowest BCUT2D eigenvalue weighted by atomic mass is 10.1. The molecule has 0 atom stereocenters. The summed E-state index contributed by atoms with van der Waals surface area (Å²) in [7, 11) is 0. The molecule has 0 unspecified atom stereocenters. The van der Waals surface area contributed by atoms with E-state index < -0.39 is 0 Å². The van der Waals surface area contributed by atoms with E-state index in [9.17, 15) is 9.59 Å². The van der Waals surface area contributed by atoms with E-state index in [-0.39, 0.29) is 11.8 Å². The summed E-state index contributed by atoms with van der Waals surface area (Å²) in [6.45, 7) is 13.1. The highest BCUT2D eigenvalue weighted by Crippen LogP contribution is 2.25. The monoisotopic (exact) mass is 464 g/mol. The molecule has 0 bridgehead atoms. The predicted molar refractivity (Wildman–Crippen MR) is 137 cm³/mol. The van der Waals surface area contributed by atoms with Crippen molar-refractivity contribution in [2.24, 2.45) is 0 Å². The van der Waals surface area contributed by atoms with Crippen LogP contribution >= 0.6 is 0 Å². The second kappa shape index (κ2) is 14.6. The van der Waals surface area contributed by atoms with Crippen LogP contribution in [0.5, 0.6) is 11.5 Å². The first-order valence-electron chi connectivity index (χ1n) is 11.7. The van der Waals surface area contributed by atoms with Crippen molar-refractivity contribution in [2.45, 2.75) is 39.5 Å². The summed E-state index contributed by atoms with van der Waals surface area (Å²) >= 11 is 0. The minimum atomic E-state index is -0.0997. The highest BCUT2D eigenvalue weighted by molar-refractivity contribution is 5.92. The van der Waals surface area contributed by atoms with Crippen molar-refractivity contribution in [2.75, 3.05) is 26.3 Å². The Bertz CT molecular complexity index is 870. The van der Waals surface area contributed by atoms with Gasteiger partial charge in [0.25, 0.3) is 0 Å². The lowest BCUT2D eigenvalue weighted by Crippen LogP contribution is -2.24. The third-order valence-corrected chi connectivity index (χ3v) is 5.07. The zero-order valence-electron chi connectivity index (χ0n) is 20.3. The largest absolute Gasteiger partial charge is 0.494 e. The Kier molecular flexibility index (Phi) is 11.5. The van der Waals surface area contributed by atoms with E-state index >= 15 is 0 Å². The molecular weight excluding hydrogens is 428 g/mol. The molecule has 0 aromatic heterocycles. The van der Waals surface area contributed by atoms with Crippen molar-refractivity contribution >= 4 is 11.8 Å². The van der Waals surface area contributed by atoms with Gasteiger partial charge in [0.05, 0.1) is 13.2 Å². The fourth-order valence-electron chi connectivity index (χ4n) is 3.03. The standard InChI is InChI=1S/C28H36N2O4/c1-21(2)27(31)29-17-5-7-19-33-25-13-9-23(10-14-25)24-11-15-26(16-12-24)34-20-8-6-18-30-28(32)22(3)4/h9-16H,1,3,5-8,17-20H2,2,4H3,(H,29,31)(H,30,32). The fourth-order valence-corrected chi connectivity index (χ4v) is 3.03. The van der Waals surface area contributed by atoms with Gasteiger partial charge in [0.15, 0.2) is 0 Å². The molecule has 2 aromatic carbocycles. The molecule has 0 heterocycles. The predicted octanol–water partition coefficient (Wildman–Crippen LogP) is 5.06. The number of amides is 2. The molecule has 6 heteroatoms. The number of benzene rings is 2. The summed E-state index contributed by atoms with van der Waals surface area (Å²) in [5.41, 5.74) is 3.26. The number of carbonyl (C=O) groups excluding carboxylic acids is 2. The van der Waals surface area contributed by atoms with Crippen LogP contribution in [-0.4, -0.2) is 38.1 Å². The molecule has 0 saturated carbocycles. The van der Waals surface area contributed by atoms with Gasteiger partial charge in [-0.3, -0.25) is 9.59 Å². The number of hydrogen-bond acceptors (Lipinski definition) is 4. The summed E-state index contributed by atoms with van der Waals surface area (Å²) in [6, 6.07) is 16.0. The van der Waals surface area contributed by atoms with Gasteiger partial charge in [0, 0.05) is 24.2 Å². The first-order chi connectivity index (χ1) is 16.4. The number of rotatable bonds is 15. The summed E-state index contributed by atoms with van der Waals surface area (Å²) in [6.07, 6.45) is 3.44. The zero-order chi connectivity index (χ0) is 24.8. The average Bonchev–Trinajstić information content (AvgIpc) is 2.83. The van der Waals surface area contributed by atoms with Crippen LogP contribution in [-0.2, 0) is 9.59 Å². The second-order valence-electron chi connectivity index (χ2n) is 8.23. The topological polar surface area (TPSA) is 76.7 Å². The van der Waals surface area contributed by atoms with Crippen LogP contribution in [0.25, 0.3) is 11.1 Å². The summed E-state index contributed by atoms with van der Waals surface area (Å²) < 4.78 is 11.6. The van der Waals surface area contributed by atoms with Gasteiger partial charge in [0.2, 0.25) is 11.8 Å².